The predicted molar refractivity (Wildman–Crippen MR) is 90.2 cm³/mol. The van der Waals surface area contributed by atoms with E-state index in [9.17, 15) is 8.42 Å². The standard InChI is InChI=1S/C14H13Cl2NO2S2/c1-17(10-13-6-7-14(16)20-13)21(18,19)9-8-11-2-4-12(15)5-3-11/h2-9H,10H2,1H3/b9-8+. The number of sulfonamides is 1. The highest BCUT2D eigenvalue weighted by atomic mass is 35.5. The van der Waals surface area contributed by atoms with Gasteiger partial charge in [0.05, 0.1) is 4.34 Å². The first-order valence-electron chi connectivity index (χ1n) is 6.01. The molecule has 0 fully saturated rings. The van der Waals surface area contributed by atoms with Crippen molar-refractivity contribution in [1.82, 2.24) is 4.31 Å². The molecule has 2 aromatic rings. The van der Waals surface area contributed by atoms with Crippen LogP contribution in [0, 0.1) is 0 Å². The third kappa shape index (κ3) is 4.83. The summed E-state index contributed by atoms with van der Waals surface area (Å²) in [7, 11) is -1.94. The van der Waals surface area contributed by atoms with Crippen LogP contribution in [-0.2, 0) is 16.6 Å². The number of hydrogen-bond donors (Lipinski definition) is 0. The first-order chi connectivity index (χ1) is 9.87. The molecular formula is C14H13Cl2NO2S2. The maximum atomic E-state index is 12.2. The van der Waals surface area contributed by atoms with Gasteiger partial charge in [-0.05, 0) is 35.9 Å². The van der Waals surface area contributed by atoms with Gasteiger partial charge in [0.15, 0.2) is 0 Å². The Balaban J connectivity index is 2.08. The van der Waals surface area contributed by atoms with Gasteiger partial charge in [-0.2, -0.15) is 4.31 Å². The SMILES string of the molecule is CN(Cc1ccc(Cl)s1)S(=O)(=O)/C=C/c1ccc(Cl)cc1. The summed E-state index contributed by atoms with van der Waals surface area (Å²) in [6, 6.07) is 10.5. The topological polar surface area (TPSA) is 37.4 Å². The summed E-state index contributed by atoms with van der Waals surface area (Å²) in [6.45, 7) is 0.296. The lowest BCUT2D eigenvalue weighted by molar-refractivity contribution is 0.478. The van der Waals surface area contributed by atoms with Crippen molar-refractivity contribution >= 4 is 50.6 Å². The van der Waals surface area contributed by atoms with Gasteiger partial charge in [-0.1, -0.05) is 35.3 Å². The molecule has 0 aliphatic heterocycles. The summed E-state index contributed by atoms with van der Waals surface area (Å²) in [4.78, 5) is 0.894. The van der Waals surface area contributed by atoms with E-state index in [0.717, 1.165) is 10.4 Å². The van der Waals surface area contributed by atoms with Crippen LogP contribution in [0.2, 0.25) is 9.36 Å². The molecule has 0 radical (unpaired) electrons. The maximum Gasteiger partial charge on any atom is 0.236 e. The van der Waals surface area contributed by atoms with E-state index in [0.29, 0.717) is 15.9 Å². The highest BCUT2D eigenvalue weighted by Crippen LogP contribution is 2.23. The molecule has 112 valence electrons. The van der Waals surface area contributed by atoms with Crippen molar-refractivity contribution in [2.75, 3.05) is 7.05 Å². The Labute approximate surface area is 138 Å². The fraction of sp³-hybridized carbons (Fsp3) is 0.143. The lowest BCUT2D eigenvalue weighted by Crippen LogP contribution is -2.23. The van der Waals surface area contributed by atoms with Gasteiger partial charge in [0.2, 0.25) is 10.0 Å². The summed E-state index contributed by atoms with van der Waals surface area (Å²) in [5.41, 5.74) is 0.774. The van der Waals surface area contributed by atoms with E-state index in [1.165, 1.54) is 28.1 Å². The molecule has 1 aromatic heterocycles. The van der Waals surface area contributed by atoms with Crippen molar-refractivity contribution in [1.29, 1.82) is 0 Å². The van der Waals surface area contributed by atoms with Crippen LogP contribution in [-0.4, -0.2) is 19.8 Å². The molecule has 1 heterocycles. The van der Waals surface area contributed by atoms with Crippen LogP contribution in [0.5, 0.6) is 0 Å². The molecule has 0 unspecified atom stereocenters. The average Bonchev–Trinajstić information content (AvgIpc) is 2.83. The average molecular weight is 362 g/mol. The van der Waals surface area contributed by atoms with Crippen LogP contribution < -0.4 is 0 Å². The Bertz CT molecular complexity index is 737. The second kappa shape index (κ2) is 6.94. The van der Waals surface area contributed by atoms with Crippen LogP contribution in [0.4, 0.5) is 0 Å². The van der Waals surface area contributed by atoms with Gasteiger partial charge >= 0.3 is 0 Å². The van der Waals surface area contributed by atoms with Gasteiger partial charge in [-0.15, -0.1) is 11.3 Å². The molecule has 2 rings (SSSR count). The summed E-state index contributed by atoms with van der Waals surface area (Å²) in [5, 5.41) is 1.80. The zero-order valence-electron chi connectivity index (χ0n) is 11.2. The van der Waals surface area contributed by atoms with E-state index in [1.54, 1.807) is 36.4 Å². The van der Waals surface area contributed by atoms with Gasteiger partial charge in [0, 0.05) is 28.9 Å². The molecule has 0 aliphatic carbocycles. The van der Waals surface area contributed by atoms with E-state index < -0.39 is 10.0 Å². The summed E-state index contributed by atoms with van der Waals surface area (Å²) in [5.74, 6) is 0. The minimum absolute atomic E-state index is 0.296. The third-order valence-electron chi connectivity index (χ3n) is 2.74. The predicted octanol–water partition coefficient (Wildman–Crippen LogP) is 4.49. The maximum absolute atomic E-state index is 12.2. The Morgan fingerprint density at radius 2 is 1.81 bits per heavy atom. The number of benzene rings is 1. The fourth-order valence-electron chi connectivity index (χ4n) is 1.59. The molecule has 0 spiro atoms. The van der Waals surface area contributed by atoms with Crippen LogP contribution in [0.25, 0.3) is 6.08 Å². The molecule has 21 heavy (non-hydrogen) atoms. The highest BCUT2D eigenvalue weighted by molar-refractivity contribution is 7.92. The second-order valence-electron chi connectivity index (χ2n) is 4.36. The van der Waals surface area contributed by atoms with E-state index in [4.69, 9.17) is 23.2 Å². The highest BCUT2D eigenvalue weighted by Gasteiger charge is 2.15. The van der Waals surface area contributed by atoms with Gasteiger partial charge < -0.3 is 0 Å². The van der Waals surface area contributed by atoms with Crippen molar-refractivity contribution in [3.8, 4) is 0 Å². The quantitative estimate of drug-likeness (QED) is 0.786. The van der Waals surface area contributed by atoms with Crippen LogP contribution in [0.1, 0.15) is 10.4 Å². The van der Waals surface area contributed by atoms with Gasteiger partial charge in [-0.3, -0.25) is 0 Å². The van der Waals surface area contributed by atoms with Gasteiger partial charge in [0.1, 0.15) is 0 Å². The summed E-state index contributed by atoms with van der Waals surface area (Å²) in [6.07, 6.45) is 1.55. The molecule has 0 atom stereocenters. The number of rotatable bonds is 5. The van der Waals surface area contributed by atoms with Crippen molar-refractivity contribution in [2.24, 2.45) is 0 Å². The minimum atomic E-state index is -3.47. The lowest BCUT2D eigenvalue weighted by Gasteiger charge is -2.13. The first kappa shape index (κ1) is 16.5. The number of halogens is 2. The molecule has 0 saturated carbocycles. The fourth-order valence-corrected chi connectivity index (χ4v) is 3.79. The third-order valence-corrected chi connectivity index (χ3v) is 5.69. The number of hydrogen-bond acceptors (Lipinski definition) is 3. The molecule has 0 aliphatic rings. The largest absolute Gasteiger partial charge is 0.236 e. The van der Waals surface area contributed by atoms with Gasteiger partial charge in [-0.25, -0.2) is 8.42 Å². The number of nitrogens with zero attached hydrogens (tertiary/aromatic N) is 1. The molecule has 0 amide bonds. The smallest absolute Gasteiger partial charge is 0.208 e. The van der Waals surface area contributed by atoms with Crippen molar-refractivity contribution in [2.45, 2.75) is 6.54 Å². The van der Waals surface area contributed by atoms with Crippen LogP contribution >= 0.6 is 34.5 Å². The molecular weight excluding hydrogens is 349 g/mol. The molecule has 0 bridgehead atoms. The Hall–Kier alpha value is -0.850. The lowest BCUT2D eigenvalue weighted by atomic mass is 10.2. The zero-order chi connectivity index (χ0) is 15.5. The van der Waals surface area contributed by atoms with Crippen molar-refractivity contribution < 1.29 is 8.42 Å². The summed E-state index contributed by atoms with van der Waals surface area (Å²) < 4.78 is 26.3. The first-order valence-corrected chi connectivity index (χ1v) is 9.08. The van der Waals surface area contributed by atoms with E-state index in [1.807, 2.05) is 6.07 Å². The van der Waals surface area contributed by atoms with Crippen molar-refractivity contribution in [3.63, 3.8) is 0 Å². The number of thiophene rings is 1. The normalized spacial score (nSPS) is 12.4. The van der Waals surface area contributed by atoms with Gasteiger partial charge in [0.25, 0.3) is 0 Å². The molecule has 3 nitrogen and oxygen atoms in total. The van der Waals surface area contributed by atoms with E-state index in [2.05, 4.69) is 0 Å². The van der Waals surface area contributed by atoms with Crippen LogP contribution in [0.15, 0.2) is 41.8 Å². The Kier molecular flexibility index (Phi) is 5.46. The van der Waals surface area contributed by atoms with E-state index >= 15 is 0 Å². The monoisotopic (exact) mass is 361 g/mol. The zero-order valence-corrected chi connectivity index (χ0v) is 14.3. The van der Waals surface area contributed by atoms with Crippen molar-refractivity contribution in [3.05, 3.63) is 61.6 Å². The molecule has 1 aromatic carbocycles. The molecule has 7 heteroatoms. The summed E-state index contributed by atoms with van der Waals surface area (Å²) >= 11 is 13.0. The Morgan fingerprint density at radius 3 is 2.38 bits per heavy atom. The van der Waals surface area contributed by atoms with E-state index in [-0.39, 0.29) is 0 Å². The molecule has 0 N–H and O–H groups in total. The second-order valence-corrected chi connectivity index (χ2v) is 8.52. The van der Waals surface area contributed by atoms with Crippen LogP contribution in [0.3, 0.4) is 0 Å². The molecule has 0 saturated heterocycles. The Morgan fingerprint density at radius 1 is 1.14 bits per heavy atom. The minimum Gasteiger partial charge on any atom is -0.208 e.